The zero-order chi connectivity index (χ0) is 13.9. The lowest BCUT2D eigenvalue weighted by Crippen LogP contribution is -2.12. The van der Waals surface area contributed by atoms with E-state index in [4.69, 9.17) is 0 Å². The summed E-state index contributed by atoms with van der Waals surface area (Å²) in [6.45, 7) is 3.87. The molecule has 0 fully saturated rings. The molecular formula is C14H30O3S. The molecule has 0 saturated heterocycles. The van der Waals surface area contributed by atoms with Crippen LogP contribution in [0.3, 0.4) is 0 Å². The fourth-order valence-corrected chi connectivity index (χ4v) is 2.88. The van der Waals surface area contributed by atoms with E-state index in [1.165, 1.54) is 32.1 Å². The van der Waals surface area contributed by atoms with Crippen molar-refractivity contribution in [3.8, 4) is 0 Å². The maximum Gasteiger partial charge on any atom is 0.150 e. The van der Waals surface area contributed by atoms with Crippen molar-refractivity contribution in [1.29, 1.82) is 0 Å². The fourth-order valence-electron chi connectivity index (χ4n) is 1.99. The van der Waals surface area contributed by atoms with Gasteiger partial charge in [0.1, 0.15) is 9.84 Å². The number of aliphatic hydroxyl groups is 1. The molecule has 0 amide bonds. The van der Waals surface area contributed by atoms with E-state index < -0.39 is 9.84 Å². The lowest BCUT2D eigenvalue weighted by Gasteiger charge is -2.10. The Morgan fingerprint density at radius 1 is 0.889 bits per heavy atom. The van der Waals surface area contributed by atoms with Crippen molar-refractivity contribution in [1.82, 2.24) is 0 Å². The van der Waals surface area contributed by atoms with Gasteiger partial charge in [0.2, 0.25) is 0 Å². The maximum absolute atomic E-state index is 11.3. The van der Waals surface area contributed by atoms with Crippen LogP contribution in [0.2, 0.25) is 0 Å². The maximum atomic E-state index is 11.3. The highest BCUT2D eigenvalue weighted by Gasteiger charge is 2.09. The van der Waals surface area contributed by atoms with E-state index in [1.54, 1.807) is 6.92 Å². The number of hydrogen-bond acceptors (Lipinski definition) is 3. The van der Waals surface area contributed by atoms with Gasteiger partial charge in [-0.2, -0.15) is 0 Å². The van der Waals surface area contributed by atoms with Crippen molar-refractivity contribution >= 4 is 9.84 Å². The largest absolute Gasteiger partial charge is 0.393 e. The summed E-state index contributed by atoms with van der Waals surface area (Å²) in [6.07, 6.45) is 9.07. The summed E-state index contributed by atoms with van der Waals surface area (Å²) < 4.78 is 22.5. The van der Waals surface area contributed by atoms with E-state index in [0.717, 1.165) is 12.8 Å². The van der Waals surface area contributed by atoms with Crippen molar-refractivity contribution in [3.05, 3.63) is 0 Å². The Labute approximate surface area is 113 Å². The van der Waals surface area contributed by atoms with Crippen LogP contribution >= 0.6 is 0 Å². The van der Waals surface area contributed by atoms with Gasteiger partial charge in [-0.15, -0.1) is 0 Å². The Hall–Kier alpha value is -0.0900. The molecule has 0 rings (SSSR count). The molecule has 1 N–H and O–H groups in total. The highest BCUT2D eigenvalue weighted by Crippen LogP contribution is 2.11. The van der Waals surface area contributed by atoms with Crippen LogP contribution in [0.25, 0.3) is 0 Å². The SMILES string of the molecule is CCCCCCCCC(O)CCCS(=O)(=O)CC. The van der Waals surface area contributed by atoms with E-state index in [1.807, 2.05) is 0 Å². The Morgan fingerprint density at radius 3 is 2.06 bits per heavy atom. The predicted molar refractivity (Wildman–Crippen MR) is 77.6 cm³/mol. The molecular weight excluding hydrogens is 248 g/mol. The van der Waals surface area contributed by atoms with Crippen LogP contribution in [0.15, 0.2) is 0 Å². The molecule has 0 aromatic heterocycles. The standard InChI is InChI=1S/C14H30O3S/c1-3-5-6-7-8-9-11-14(15)12-10-13-18(16,17)4-2/h14-15H,3-13H2,1-2H3. The number of unbranched alkanes of at least 4 members (excludes halogenated alkanes) is 5. The second-order valence-electron chi connectivity index (χ2n) is 5.09. The molecule has 0 aromatic carbocycles. The molecule has 4 heteroatoms. The van der Waals surface area contributed by atoms with E-state index in [2.05, 4.69) is 6.92 Å². The fraction of sp³-hybridized carbons (Fsp3) is 1.00. The average molecular weight is 278 g/mol. The molecule has 0 saturated carbocycles. The number of sulfone groups is 1. The molecule has 0 spiro atoms. The van der Waals surface area contributed by atoms with Gasteiger partial charge >= 0.3 is 0 Å². The van der Waals surface area contributed by atoms with Crippen LogP contribution in [0.4, 0.5) is 0 Å². The van der Waals surface area contributed by atoms with E-state index in [9.17, 15) is 13.5 Å². The Morgan fingerprint density at radius 2 is 1.44 bits per heavy atom. The first kappa shape index (κ1) is 17.9. The van der Waals surface area contributed by atoms with Gasteiger partial charge < -0.3 is 5.11 Å². The first-order valence-electron chi connectivity index (χ1n) is 7.40. The first-order valence-corrected chi connectivity index (χ1v) is 9.22. The van der Waals surface area contributed by atoms with Gasteiger partial charge in [-0.05, 0) is 19.3 Å². The molecule has 1 atom stereocenters. The molecule has 0 aliphatic heterocycles. The second-order valence-corrected chi connectivity index (χ2v) is 7.56. The Balaban J connectivity index is 3.40. The van der Waals surface area contributed by atoms with Gasteiger partial charge in [0.25, 0.3) is 0 Å². The Kier molecular flexibility index (Phi) is 10.7. The van der Waals surface area contributed by atoms with Crippen molar-refractivity contribution in [3.63, 3.8) is 0 Å². The first-order chi connectivity index (χ1) is 8.52. The molecule has 3 nitrogen and oxygen atoms in total. The van der Waals surface area contributed by atoms with Gasteiger partial charge in [-0.1, -0.05) is 52.4 Å². The summed E-state index contributed by atoms with van der Waals surface area (Å²) in [5.74, 6) is 0.428. The highest BCUT2D eigenvalue weighted by atomic mass is 32.2. The van der Waals surface area contributed by atoms with Gasteiger partial charge in [0.15, 0.2) is 0 Å². The molecule has 18 heavy (non-hydrogen) atoms. The summed E-state index contributed by atoms with van der Waals surface area (Å²) >= 11 is 0. The summed E-state index contributed by atoms with van der Waals surface area (Å²) in [7, 11) is -2.86. The molecule has 1 unspecified atom stereocenters. The van der Waals surface area contributed by atoms with Crippen molar-refractivity contribution in [2.24, 2.45) is 0 Å². The minimum absolute atomic E-state index is 0.209. The van der Waals surface area contributed by atoms with Crippen LogP contribution in [0, 0.1) is 0 Å². The zero-order valence-electron chi connectivity index (χ0n) is 12.0. The van der Waals surface area contributed by atoms with Gasteiger partial charge in [0.05, 0.1) is 11.9 Å². The minimum atomic E-state index is -2.86. The van der Waals surface area contributed by atoms with Gasteiger partial charge in [0, 0.05) is 5.75 Å². The zero-order valence-corrected chi connectivity index (χ0v) is 12.8. The molecule has 0 aliphatic rings. The number of aliphatic hydroxyl groups excluding tert-OH is 1. The molecule has 0 aromatic rings. The summed E-state index contributed by atoms with van der Waals surface area (Å²) in [5.41, 5.74) is 0. The van der Waals surface area contributed by atoms with Crippen LogP contribution in [-0.4, -0.2) is 31.1 Å². The minimum Gasteiger partial charge on any atom is -0.393 e. The van der Waals surface area contributed by atoms with Gasteiger partial charge in [-0.3, -0.25) is 0 Å². The normalized spacial score (nSPS) is 13.7. The average Bonchev–Trinajstić information content (AvgIpc) is 2.33. The topological polar surface area (TPSA) is 54.4 Å². The van der Waals surface area contributed by atoms with Crippen molar-refractivity contribution in [2.75, 3.05) is 11.5 Å². The summed E-state index contributed by atoms with van der Waals surface area (Å²) in [4.78, 5) is 0. The lowest BCUT2D eigenvalue weighted by molar-refractivity contribution is 0.150. The lowest BCUT2D eigenvalue weighted by atomic mass is 10.0. The molecule has 0 bridgehead atoms. The van der Waals surface area contributed by atoms with Crippen LogP contribution in [-0.2, 0) is 9.84 Å². The predicted octanol–water partition coefficient (Wildman–Crippen LogP) is 3.31. The van der Waals surface area contributed by atoms with E-state index in [0.29, 0.717) is 12.8 Å². The van der Waals surface area contributed by atoms with E-state index >= 15 is 0 Å². The van der Waals surface area contributed by atoms with Crippen molar-refractivity contribution in [2.45, 2.75) is 77.7 Å². The van der Waals surface area contributed by atoms with Crippen LogP contribution in [0.5, 0.6) is 0 Å². The third-order valence-corrected chi connectivity index (χ3v) is 5.11. The second kappa shape index (κ2) is 10.8. The summed E-state index contributed by atoms with van der Waals surface area (Å²) in [6, 6.07) is 0. The Bertz CT molecular complexity index is 273. The summed E-state index contributed by atoms with van der Waals surface area (Å²) in [5, 5.41) is 9.73. The van der Waals surface area contributed by atoms with E-state index in [-0.39, 0.29) is 17.6 Å². The monoisotopic (exact) mass is 278 g/mol. The third-order valence-electron chi connectivity index (χ3n) is 3.32. The molecule has 110 valence electrons. The quantitative estimate of drug-likeness (QED) is 0.557. The smallest absolute Gasteiger partial charge is 0.150 e. The van der Waals surface area contributed by atoms with Crippen LogP contribution in [0.1, 0.15) is 71.6 Å². The van der Waals surface area contributed by atoms with Crippen molar-refractivity contribution < 1.29 is 13.5 Å². The third kappa shape index (κ3) is 11.0. The highest BCUT2D eigenvalue weighted by molar-refractivity contribution is 7.91. The van der Waals surface area contributed by atoms with Gasteiger partial charge in [-0.25, -0.2) is 8.42 Å². The number of rotatable bonds is 12. The molecule has 0 aliphatic carbocycles. The van der Waals surface area contributed by atoms with Crippen LogP contribution < -0.4 is 0 Å². The number of hydrogen-bond donors (Lipinski definition) is 1. The molecule has 0 heterocycles. The molecule has 0 radical (unpaired) electrons.